The number of ketones is 1. The number of aliphatic hydroxyl groups is 1. The highest BCUT2D eigenvalue weighted by Gasteiger charge is 2.20. The van der Waals surface area contributed by atoms with Gasteiger partial charge in [-0.15, -0.1) is 0 Å². The maximum atomic E-state index is 13.9. The zero-order chi connectivity index (χ0) is 29.3. The smallest absolute Gasteiger partial charge is 0.254 e. The minimum Gasteiger partial charge on any atom is -0.489 e. The number of halogens is 1. The van der Waals surface area contributed by atoms with Gasteiger partial charge in [-0.1, -0.05) is 103 Å². The number of aliphatic hydroxyl groups excluding tert-OH is 1. The molecule has 0 heterocycles. The fourth-order valence-electron chi connectivity index (χ4n) is 4.59. The Hall–Kier alpha value is -5.07. The number of benzene rings is 5. The first-order valence-corrected chi connectivity index (χ1v) is 13.6. The van der Waals surface area contributed by atoms with Crippen LogP contribution in [0.3, 0.4) is 0 Å². The van der Waals surface area contributed by atoms with Gasteiger partial charge >= 0.3 is 0 Å². The largest absolute Gasteiger partial charge is 0.489 e. The molecule has 42 heavy (non-hydrogen) atoms. The van der Waals surface area contributed by atoms with Crippen LogP contribution in [0.4, 0.5) is 4.39 Å². The molecule has 210 valence electrons. The topological polar surface area (TPSA) is 66.8 Å². The molecule has 6 heteroatoms. The normalized spacial score (nSPS) is 11.5. The first-order valence-electron chi connectivity index (χ1n) is 13.6. The molecule has 5 rings (SSSR count). The minimum absolute atomic E-state index is 0.0851. The molecule has 5 nitrogen and oxygen atoms in total. The average molecular weight is 560 g/mol. The zero-order valence-electron chi connectivity index (χ0n) is 22.9. The fraction of sp³-hybridized carbons (Fsp3) is 0.111. The highest BCUT2D eigenvalue weighted by molar-refractivity contribution is 5.99. The van der Waals surface area contributed by atoms with Gasteiger partial charge in [-0.3, -0.25) is 9.59 Å². The minimum atomic E-state index is -1.28. The first-order chi connectivity index (χ1) is 20.5. The molecular weight excluding hydrogens is 529 g/mol. The van der Waals surface area contributed by atoms with Gasteiger partial charge in [-0.25, -0.2) is 4.39 Å². The van der Waals surface area contributed by atoms with E-state index >= 15 is 0 Å². The highest BCUT2D eigenvalue weighted by Crippen LogP contribution is 2.22. The summed E-state index contributed by atoms with van der Waals surface area (Å²) >= 11 is 0. The van der Waals surface area contributed by atoms with Crippen LogP contribution in [-0.4, -0.2) is 21.7 Å². The molecule has 5 aromatic rings. The standard InChI is InChI=1S/C36H30FNO4/c37-33-14-8-7-13-31(33)25-42-32-21-19-30(20-22-32)36(41)38(23-26-9-3-1-4-10-26)24-27-15-17-29(18-16-27)35(40)34(39)28-11-5-2-6-12-28/h1-22,35,40H,23-25H2. The lowest BCUT2D eigenvalue weighted by atomic mass is 9.99. The van der Waals surface area contributed by atoms with E-state index in [0.29, 0.717) is 41.1 Å². The van der Waals surface area contributed by atoms with E-state index in [-0.39, 0.29) is 24.1 Å². The summed E-state index contributed by atoms with van der Waals surface area (Å²) in [4.78, 5) is 28.1. The Morgan fingerprint density at radius 2 is 1.24 bits per heavy atom. The van der Waals surface area contributed by atoms with E-state index in [1.807, 2.05) is 48.5 Å². The van der Waals surface area contributed by atoms with E-state index in [9.17, 15) is 19.1 Å². The zero-order valence-corrected chi connectivity index (χ0v) is 22.9. The average Bonchev–Trinajstić information content (AvgIpc) is 3.04. The van der Waals surface area contributed by atoms with E-state index in [1.165, 1.54) is 6.07 Å². The summed E-state index contributed by atoms with van der Waals surface area (Å²) in [6.07, 6.45) is -1.28. The molecule has 1 unspecified atom stereocenters. The van der Waals surface area contributed by atoms with Crippen molar-refractivity contribution in [2.45, 2.75) is 25.8 Å². The van der Waals surface area contributed by atoms with Gasteiger partial charge in [0.2, 0.25) is 0 Å². The second-order valence-corrected chi connectivity index (χ2v) is 9.93. The van der Waals surface area contributed by atoms with Crippen LogP contribution in [0.25, 0.3) is 0 Å². The Labute approximate surface area is 244 Å². The summed E-state index contributed by atoms with van der Waals surface area (Å²) in [7, 11) is 0. The van der Waals surface area contributed by atoms with Crippen molar-refractivity contribution in [1.82, 2.24) is 4.90 Å². The molecule has 1 atom stereocenters. The quantitative estimate of drug-likeness (QED) is 0.174. The van der Waals surface area contributed by atoms with Crippen molar-refractivity contribution in [2.75, 3.05) is 0 Å². The number of hydrogen-bond donors (Lipinski definition) is 1. The van der Waals surface area contributed by atoms with Crippen molar-refractivity contribution in [2.24, 2.45) is 0 Å². The third-order valence-electron chi connectivity index (χ3n) is 6.93. The Balaban J connectivity index is 1.29. The van der Waals surface area contributed by atoms with E-state index in [0.717, 1.165) is 11.1 Å². The summed E-state index contributed by atoms with van der Waals surface area (Å²) in [5.74, 6) is -0.330. The maximum Gasteiger partial charge on any atom is 0.254 e. The van der Waals surface area contributed by atoms with Gasteiger partial charge in [0.05, 0.1) is 0 Å². The lowest BCUT2D eigenvalue weighted by Crippen LogP contribution is -2.30. The van der Waals surface area contributed by atoms with Crippen LogP contribution in [0.5, 0.6) is 5.75 Å². The van der Waals surface area contributed by atoms with Gasteiger partial charge in [0.25, 0.3) is 5.91 Å². The maximum absolute atomic E-state index is 13.9. The lowest BCUT2D eigenvalue weighted by Gasteiger charge is -2.24. The molecule has 0 aliphatic carbocycles. The molecule has 5 aromatic carbocycles. The second-order valence-electron chi connectivity index (χ2n) is 9.93. The number of rotatable bonds is 11. The van der Waals surface area contributed by atoms with Crippen molar-refractivity contribution in [3.05, 3.63) is 173 Å². The molecule has 0 aliphatic rings. The third kappa shape index (κ3) is 7.16. The number of carbonyl (C=O) groups is 2. The molecule has 0 aliphatic heterocycles. The van der Waals surface area contributed by atoms with Crippen molar-refractivity contribution in [1.29, 1.82) is 0 Å². The predicted molar refractivity (Wildman–Crippen MR) is 159 cm³/mol. The molecule has 0 radical (unpaired) electrons. The van der Waals surface area contributed by atoms with Crippen molar-refractivity contribution in [3.8, 4) is 5.75 Å². The van der Waals surface area contributed by atoms with Crippen molar-refractivity contribution in [3.63, 3.8) is 0 Å². The van der Waals surface area contributed by atoms with Gasteiger partial charge in [-0.05, 0) is 47.0 Å². The second kappa shape index (κ2) is 13.5. The van der Waals surface area contributed by atoms with E-state index in [4.69, 9.17) is 4.74 Å². The van der Waals surface area contributed by atoms with E-state index < -0.39 is 6.10 Å². The molecule has 0 fully saturated rings. The third-order valence-corrected chi connectivity index (χ3v) is 6.93. The molecular formula is C36H30FNO4. The van der Waals surface area contributed by atoms with Crippen LogP contribution >= 0.6 is 0 Å². The number of hydrogen-bond acceptors (Lipinski definition) is 4. The summed E-state index contributed by atoms with van der Waals surface area (Å²) < 4.78 is 19.6. The van der Waals surface area contributed by atoms with Gasteiger partial charge < -0.3 is 14.7 Å². The molecule has 0 bridgehead atoms. The molecule has 1 N–H and O–H groups in total. The SMILES string of the molecule is O=C(c1ccccc1)C(O)c1ccc(CN(Cc2ccccc2)C(=O)c2ccc(OCc3ccccc3F)cc2)cc1. The number of nitrogens with zero attached hydrogens (tertiary/aromatic N) is 1. The monoisotopic (exact) mass is 559 g/mol. The fourth-order valence-corrected chi connectivity index (χ4v) is 4.59. The van der Waals surface area contributed by atoms with Gasteiger partial charge in [-0.2, -0.15) is 0 Å². The number of ether oxygens (including phenoxy) is 1. The van der Waals surface area contributed by atoms with Crippen LogP contribution in [0, 0.1) is 5.82 Å². The van der Waals surface area contributed by atoms with Gasteiger partial charge in [0.1, 0.15) is 24.3 Å². The Morgan fingerprint density at radius 3 is 1.88 bits per heavy atom. The van der Waals surface area contributed by atoms with Crippen molar-refractivity contribution < 1.29 is 23.8 Å². The number of amides is 1. The van der Waals surface area contributed by atoms with E-state index in [2.05, 4.69) is 0 Å². The summed E-state index contributed by atoms with van der Waals surface area (Å²) in [6, 6.07) is 38.7. The Morgan fingerprint density at radius 1 is 0.667 bits per heavy atom. The number of carbonyl (C=O) groups excluding carboxylic acids is 2. The summed E-state index contributed by atoms with van der Waals surface area (Å²) in [5, 5.41) is 10.6. The van der Waals surface area contributed by atoms with Crippen LogP contribution < -0.4 is 4.74 Å². The van der Waals surface area contributed by atoms with Crippen LogP contribution in [0.15, 0.2) is 133 Å². The van der Waals surface area contributed by atoms with Gasteiger partial charge in [0.15, 0.2) is 5.78 Å². The Bertz CT molecular complexity index is 1620. The highest BCUT2D eigenvalue weighted by atomic mass is 19.1. The molecule has 0 saturated carbocycles. The van der Waals surface area contributed by atoms with Crippen LogP contribution in [0.2, 0.25) is 0 Å². The molecule has 0 spiro atoms. The first kappa shape index (κ1) is 28.5. The van der Waals surface area contributed by atoms with Crippen LogP contribution in [0.1, 0.15) is 49.1 Å². The van der Waals surface area contributed by atoms with Crippen molar-refractivity contribution >= 4 is 11.7 Å². The molecule has 1 amide bonds. The van der Waals surface area contributed by atoms with E-state index in [1.54, 1.807) is 83.8 Å². The number of Topliss-reactive ketones (excluding diaryl/α,β-unsaturated/α-hetero) is 1. The van der Waals surface area contributed by atoms with Gasteiger partial charge in [0, 0.05) is 29.8 Å². The molecule has 0 saturated heterocycles. The Kier molecular flexibility index (Phi) is 9.17. The predicted octanol–water partition coefficient (Wildman–Crippen LogP) is 7.16. The van der Waals surface area contributed by atoms with Crippen LogP contribution in [-0.2, 0) is 19.7 Å². The summed E-state index contributed by atoms with van der Waals surface area (Å²) in [6.45, 7) is 0.798. The lowest BCUT2D eigenvalue weighted by molar-refractivity contribution is 0.0729. The molecule has 0 aromatic heterocycles. The summed E-state index contributed by atoms with van der Waals surface area (Å²) in [5.41, 5.74) is 3.71.